The van der Waals surface area contributed by atoms with E-state index in [2.05, 4.69) is 15.4 Å². The average Bonchev–Trinajstić information content (AvgIpc) is 2.73. The molecule has 2 rings (SSSR count). The molecule has 2 aromatic rings. The fourth-order valence-electron chi connectivity index (χ4n) is 1.82. The minimum absolute atomic E-state index is 0.196. The lowest BCUT2D eigenvalue weighted by molar-refractivity contribution is 0.0696. The second-order valence-corrected chi connectivity index (χ2v) is 4.23. The normalized spacial score (nSPS) is 10.5. The van der Waals surface area contributed by atoms with Gasteiger partial charge in [0.1, 0.15) is 5.75 Å². The van der Waals surface area contributed by atoms with Crippen molar-refractivity contribution >= 4 is 5.97 Å². The molecule has 0 unspecified atom stereocenters. The highest BCUT2D eigenvalue weighted by Gasteiger charge is 2.11. The van der Waals surface area contributed by atoms with Crippen molar-refractivity contribution in [1.29, 1.82) is 0 Å². The van der Waals surface area contributed by atoms with Gasteiger partial charge in [0.05, 0.1) is 12.6 Å². The van der Waals surface area contributed by atoms with E-state index in [-0.39, 0.29) is 12.2 Å². The van der Waals surface area contributed by atoms with Gasteiger partial charge in [-0.2, -0.15) is 4.80 Å². The van der Waals surface area contributed by atoms with Gasteiger partial charge in [-0.15, -0.1) is 10.2 Å². The Morgan fingerprint density at radius 3 is 2.47 bits per heavy atom. The number of rotatable bonds is 4. The topological polar surface area (TPSA) is 90.1 Å². The number of aryl methyl sites for hydroxylation is 3. The van der Waals surface area contributed by atoms with Crippen LogP contribution in [0.25, 0.3) is 0 Å². The molecule has 7 nitrogen and oxygen atoms in total. The van der Waals surface area contributed by atoms with E-state index < -0.39 is 5.97 Å². The predicted octanol–water partition coefficient (Wildman–Crippen LogP) is 1.10. The first-order chi connectivity index (χ1) is 8.97. The summed E-state index contributed by atoms with van der Waals surface area (Å²) in [5, 5.41) is 20.5. The fourth-order valence-corrected chi connectivity index (χ4v) is 1.82. The van der Waals surface area contributed by atoms with E-state index >= 15 is 0 Å². The standard InChI is InChI=1S/C12H14N4O3/c1-7-4-9(12(17)18)5-8(2)11(7)19-6-10-13-15-16(3)14-10/h4-5H,6H2,1-3H3,(H,17,18). The molecule has 1 N–H and O–H groups in total. The number of carboxylic acids is 1. The highest BCUT2D eigenvalue weighted by molar-refractivity contribution is 5.88. The molecule has 0 aliphatic heterocycles. The van der Waals surface area contributed by atoms with Crippen LogP contribution in [0.15, 0.2) is 12.1 Å². The lowest BCUT2D eigenvalue weighted by atomic mass is 10.1. The molecule has 0 fully saturated rings. The summed E-state index contributed by atoms with van der Waals surface area (Å²) in [5.41, 5.74) is 1.78. The van der Waals surface area contributed by atoms with Gasteiger partial charge in [0, 0.05) is 0 Å². The minimum Gasteiger partial charge on any atom is -0.485 e. The van der Waals surface area contributed by atoms with Crippen molar-refractivity contribution < 1.29 is 14.6 Å². The van der Waals surface area contributed by atoms with E-state index in [4.69, 9.17) is 9.84 Å². The zero-order valence-electron chi connectivity index (χ0n) is 10.9. The van der Waals surface area contributed by atoms with Crippen LogP contribution in [-0.4, -0.2) is 31.3 Å². The van der Waals surface area contributed by atoms with Crippen molar-refractivity contribution in [2.45, 2.75) is 20.5 Å². The summed E-state index contributed by atoms with van der Waals surface area (Å²) in [6, 6.07) is 3.16. The van der Waals surface area contributed by atoms with Crippen molar-refractivity contribution in [3.8, 4) is 5.75 Å². The lowest BCUT2D eigenvalue weighted by Crippen LogP contribution is -2.04. The molecule has 0 bridgehead atoms. The van der Waals surface area contributed by atoms with Gasteiger partial charge >= 0.3 is 5.97 Å². The average molecular weight is 262 g/mol. The van der Waals surface area contributed by atoms with Crippen LogP contribution < -0.4 is 4.74 Å². The number of aromatic carboxylic acids is 1. The SMILES string of the molecule is Cc1cc(C(=O)O)cc(C)c1OCc1nnn(C)n1. The Bertz CT molecular complexity index is 598. The maximum absolute atomic E-state index is 10.9. The molecular formula is C12H14N4O3. The Morgan fingerprint density at radius 2 is 2.00 bits per heavy atom. The number of aromatic nitrogens is 4. The molecule has 0 radical (unpaired) electrons. The Labute approximate surface area is 109 Å². The van der Waals surface area contributed by atoms with Crippen LogP contribution >= 0.6 is 0 Å². The summed E-state index contributed by atoms with van der Waals surface area (Å²) < 4.78 is 5.63. The number of hydrogen-bond donors (Lipinski definition) is 1. The van der Waals surface area contributed by atoms with Gasteiger partial charge < -0.3 is 9.84 Å². The molecule has 1 heterocycles. The summed E-state index contributed by atoms with van der Waals surface area (Å²) >= 11 is 0. The van der Waals surface area contributed by atoms with Crippen LogP contribution in [0.4, 0.5) is 0 Å². The Kier molecular flexibility index (Phi) is 3.46. The molecule has 1 aromatic carbocycles. The maximum Gasteiger partial charge on any atom is 0.335 e. The number of nitrogens with zero attached hydrogens (tertiary/aromatic N) is 4. The summed E-state index contributed by atoms with van der Waals surface area (Å²) in [5.74, 6) is 0.175. The van der Waals surface area contributed by atoms with Crippen LogP contribution in [0.1, 0.15) is 27.3 Å². The van der Waals surface area contributed by atoms with Crippen molar-refractivity contribution in [3.05, 3.63) is 34.6 Å². The first-order valence-corrected chi connectivity index (χ1v) is 5.67. The smallest absolute Gasteiger partial charge is 0.335 e. The summed E-state index contributed by atoms with van der Waals surface area (Å²) in [4.78, 5) is 12.3. The number of benzene rings is 1. The Hall–Kier alpha value is -2.44. The molecule has 0 saturated heterocycles. The minimum atomic E-state index is -0.951. The monoisotopic (exact) mass is 262 g/mol. The summed E-state index contributed by atoms with van der Waals surface area (Å²) in [6.45, 7) is 3.81. The molecule has 100 valence electrons. The number of ether oxygens (including phenoxy) is 1. The number of tetrazole rings is 1. The summed E-state index contributed by atoms with van der Waals surface area (Å²) in [7, 11) is 1.68. The van der Waals surface area contributed by atoms with E-state index in [1.54, 1.807) is 33.0 Å². The second kappa shape index (κ2) is 5.05. The number of carbonyl (C=O) groups is 1. The van der Waals surface area contributed by atoms with Gasteiger partial charge in [-0.3, -0.25) is 0 Å². The summed E-state index contributed by atoms with van der Waals surface area (Å²) in [6.07, 6.45) is 0. The van der Waals surface area contributed by atoms with Crippen molar-refractivity contribution in [1.82, 2.24) is 20.2 Å². The molecule has 0 spiro atoms. The molecule has 7 heteroatoms. The fraction of sp³-hybridized carbons (Fsp3) is 0.333. The molecule has 0 aliphatic rings. The van der Waals surface area contributed by atoms with Crippen LogP contribution in [-0.2, 0) is 13.7 Å². The van der Waals surface area contributed by atoms with Gasteiger partial charge in [0.25, 0.3) is 0 Å². The van der Waals surface area contributed by atoms with E-state index in [1.165, 1.54) is 4.80 Å². The molecule has 1 aromatic heterocycles. The Balaban J connectivity index is 2.18. The van der Waals surface area contributed by atoms with E-state index in [9.17, 15) is 4.79 Å². The van der Waals surface area contributed by atoms with Crippen molar-refractivity contribution in [3.63, 3.8) is 0 Å². The molecule has 0 amide bonds. The van der Waals surface area contributed by atoms with Crippen LogP contribution in [0.2, 0.25) is 0 Å². The van der Waals surface area contributed by atoms with Crippen LogP contribution in [0, 0.1) is 13.8 Å². The van der Waals surface area contributed by atoms with E-state index in [1.807, 2.05) is 0 Å². The van der Waals surface area contributed by atoms with Gasteiger partial charge in [0.15, 0.2) is 6.61 Å². The molecule has 19 heavy (non-hydrogen) atoms. The zero-order valence-corrected chi connectivity index (χ0v) is 10.9. The molecule has 0 aliphatic carbocycles. The number of carboxylic acid groups (broad SMARTS) is 1. The van der Waals surface area contributed by atoms with Crippen LogP contribution in [0.5, 0.6) is 5.75 Å². The highest BCUT2D eigenvalue weighted by Crippen LogP contribution is 2.25. The lowest BCUT2D eigenvalue weighted by Gasteiger charge is -2.11. The highest BCUT2D eigenvalue weighted by atomic mass is 16.5. The number of hydrogen-bond acceptors (Lipinski definition) is 5. The van der Waals surface area contributed by atoms with Crippen molar-refractivity contribution in [2.24, 2.45) is 7.05 Å². The maximum atomic E-state index is 10.9. The predicted molar refractivity (Wildman–Crippen MR) is 66.0 cm³/mol. The largest absolute Gasteiger partial charge is 0.485 e. The van der Waals surface area contributed by atoms with E-state index in [0.717, 1.165) is 11.1 Å². The van der Waals surface area contributed by atoms with E-state index in [0.29, 0.717) is 11.6 Å². The van der Waals surface area contributed by atoms with Gasteiger partial charge in [0.2, 0.25) is 5.82 Å². The third kappa shape index (κ3) is 2.87. The molecule has 0 atom stereocenters. The van der Waals surface area contributed by atoms with Crippen LogP contribution in [0.3, 0.4) is 0 Å². The molecular weight excluding hydrogens is 248 g/mol. The third-order valence-corrected chi connectivity index (χ3v) is 2.60. The second-order valence-electron chi connectivity index (χ2n) is 4.23. The van der Waals surface area contributed by atoms with Crippen molar-refractivity contribution in [2.75, 3.05) is 0 Å². The quantitative estimate of drug-likeness (QED) is 0.887. The molecule has 0 saturated carbocycles. The third-order valence-electron chi connectivity index (χ3n) is 2.60. The van der Waals surface area contributed by atoms with Gasteiger partial charge in [-0.1, -0.05) is 0 Å². The Morgan fingerprint density at radius 1 is 1.37 bits per heavy atom. The zero-order chi connectivity index (χ0) is 14.0. The first kappa shape index (κ1) is 13.0. The van der Waals surface area contributed by atoms with Gasteiger partial charge in [-0.25, -0.2) is 4.79 Å². The van der Waals surface area contributed by atoms with Gasteiger partial charge in [-0.05, 0) is 42.3 Å². The first-order valence-electron chi connectivity index (χ1n) is 5.67.